The fraction of sp³-hybridized carbons (Fsp3) is 0.333. The minimum absolute atomic E-state index is 0.0258. The standard InChI is InChI=1S/C6H8O4/c1-2-3-4-9-6(8)10-5-7/h2-3,5H,4H2,1H3. The minimum Gasteiger partial charge on any atom is -0.430 e. The Morgan fingerprint density at radius 1 is 1.60 bits per heavy atom. The molecule has 0 aliphatic heterocycles. The van der Waals surface area contributed by atoms with E-state index in [1.54, 1.807) is 19.1 Å². The Kier molecular flexibility index (Phi) is 5.04. The molecule has 0 amide bonds. The van der Waals surface area contributed by atoms with E-state index in [1.165, 1.54) is 0 Å². The zero-order valence-corrected chi connectivity index (χ0v) is 5.57. The average molecular weight is 144 g/mol. The van der Waals surface area contributed by atoms with Crippen molar-refractivity contribution in [3.05, 3.63) is 12.2 Å². The highest BCUT2D eigenvalue weighted by molar-refractivity contribution is 5.69. The van der Waals surface area contributed by atoms with Crippen molar-refractivity contribution in [2.24, 2.45) is 0 Å². The maximum absolute atomic E-state index is 10.2. The van der Waals surface area contributed by atoms with Crippen LogP contribution < -0.4 is 0 Å². The van der Waals surface area contributed by atoms with Crippen molar-refractivity contribution in [2.45, 2.75) is 6.92 Å². The van der Waals surface area contributed by atoms with Crippen LogP contribution in [0.3, 0.4) is 0 Å². The number of hydrogen-bond acceptors (Lipinski definition) is 4. The van der Waals surface area contributed by atoms with Crippen LogP contribution in [0.5, 0.6) is 0 Å². The number of carbonyl (C=O) groups excluding carboxylic acids is 2. The molecule has 0 atom stereocenters. The van der Waals surface area contributed by atoms with E-state index in [0.717, 1.165) is 0 Å². The molecule has 0 heterocycles. The smallest absolute Gasteiger partial charge is 0.430 e. The number of rotatable bonds is 3. The van der Waals surface area contributed by atoms with Crippen LogP contribution in [0.25, 0.3) is 0 Å². The molecule has 0 radical (unpaired) electrons. The second-order valence-electron chi connectivity index (χ2n) is 1.34. The van der Waals surface area contributed by atoms with Crippen LogP contribution in [0, 0.1) is 0 Å². The summed E-state index contributed by atoms with van der Waals surface area (Å²) in [5.74, 6) is 0. The Morgan fingerprint density at radius 3 is 2.80 bits per heavy atom. The van der Waals surface area contributed by atoms with Crippen molar-refractivity contribution in [1.82, 2.24) is 0 Å². The van der Waals surface area contributed by atoms with Gasteiger partial charge < -0.3 is 9.47 Å². The van der Waals surface area contributed by atoms with E-state index in [2.05, 4.69) is 9.47 Å². The second kappa shape index (κ2) is 5.81. The van der Waals surface area contributed by atoms with Crippen molar-refractivity contribution in [3.63, 3.8) is 0 Å². The molecule has 0 aromatic rings. The first-order valence-electron chi connectivity index (χ1n) is 2.69. The zero-order valence-electron chi connectivity index (χ0n) is 5.57. The molecular weight excluding hydrogens is 136 g/mol. The fourth-order valence-electron chi connectivity index (χ4n) is 0.286. The van der Waals surface area contributed by atoms with Crippen molar-refractivity contribution in [2.75, 3.05) is 6.61 Å². The first-order chi connectivity index (χ1) is 4.81. The lowest BCUT2D eigenvalue weighted by Gasteiger charge is -1.95. The lowest BCUT2D eigenvalue weighted by molar-refractivity contribution is -0.125. The topological polar surface area (TPSA) is 52.6 Å². The Bertz CT molecular complexity index is 139. The SMILES string of the molecule is CC=CCOC(=O)OC=O. The summed E-state index contributed by atoms with van der Waals surface area (Å²) < 4.78 is 8.16. The van der Waals surface area contributed by atoms with Gasteiger partial charge >= 0.3 is 12.6 Å². The lowest BCUT2D eigenvalue weighted by Crippen LogP contribution is -2.05. The van der Waals surface area contributed by atoms with Gasteiger partial charge in [-0.1, -0.05) is 12.2 Å². The molecule has 0 saturated heterocycles. The summed E-state index contributed by atoms with van der Waals surface area (Å²) in [7, 11) is 0. The second-order valence-corrected chi connectivity index (χ2v) is 1.34. The predicted molar refractivity (Wildman–Crippen MR) is 33.3 cm³/mol. The van der Waals surface area contributed by atoms with E-state index in [-0.39, 0.29) is 13.1 Å². The molecule has 0 aromatic heterocycles. The molecule has 4 nitrogen and oxygen atoms in total. The minimum atomic E-state index is -0.979. The maximum Gasteiger partial charge on any atom is 0.516 e. The molecule has 0 spiro atoms. The Labute approximate surface area is 58.4 Å². The summed E-state index contributed by atoms with van der Waals surface area (Å²) in [5.41, 5.74) is 0. The van der Waals surface area contributed by atoms with Gasteiger partial charge in [-0.2, -0.15) is 0 Å². The normalized spacial score (nSPS) is 9.30. The van der Waals surface area contributed by atoms with Gasteiger partial charge in [-0.05, 0) is 6.92 Å². The van der Waals surface area contributed by atoms with Crippen LogP contribution in [0.2, 0.25) is 0 Å². The molecule has 0 aromatic carbocycles. The van der Waals surface area contributed by atoms with E-state index in [1.807, 2.05) is 0 Å². The monoisotopic (exact) mass is 144 g/mol. The van der Waals surface area contributed by atoms with Gasteiger partial charge in [0.05, 0.1) is 0 Å². The molecule has 0 fully saturated rings. The molecule has 0 N–H and O–H groups in total. The number of hydrogen-bond donors (Lipinski definition) is 0. The van der Waals surface area contributed by atoms with Gasteiger partial charge in [-0.3, -0.25) is 4.79 Å². The van der Waals surface area contributed by atoms with Crippen LogP contribution in [-0.4, -0.2) is 19.2 Å². The Hall–Kier alpha value is -1.32. The summed E-state index contributed by atoms with van der Waals surface area (Å²) in [5, 5.41) is 0. The van der Waals surface area contributed by atoms with Crippen LogP contribution >= 0.6 is 0 Å². The van der Waals surface area contributed by atoms with E-state index in [9.17, 15) is 9.59 Å². The van der Waals surface area contributed by atoms with E-state index in [0.29, 0.717) is 0 Å². The first-order valence-corrected chi connectivity index (χ1v) is 2.69. The lowest BCUT2D eigenvalue weighted by atomic mass is 10.6. The molecule has 0 aliphatic rings. The molecule has 4 heteroatoms. The average Bonchev–Trinajstić information content (AvgIpc) is 1.89. The third-order valence-corrected chi connectivity index (χ3v) is 0.677. The number of carbonyl (C=O) groups is 2. The third kappa shape index (κ3) is 4.83. The Balaban J connectivity index is 3.30. The van der Waals surface area contributed by atoms with Crippen LogP contribution in [0.1, 0.15) is 6.92 Å². The largest absolute Gasteiger partial charge is 0.516 e. The van der Waals surface area contributed by atoms with E-state index < -0.39 is 6.16 Å². The van der Waals surface area contributed by atoms with Gasteiger partial charge in [0, 0.05) is 0 Å². The molecule has 0 rings (SSSR count). The summed E-state index contributed by atoms with van der Waals surface area (Å²) in [6, 6.07) is 0. The van der Waals surface area contributed by atoms with Gasteiger partial charge in [0.2, 0.25) is 0 Å². The molecule has 0 unspecified atom stereocenters. The van der Waals surface area contributed by atoms with Crippen LogP contribution in [-0.2, 0) is 14.3 Å². The van der Waals surface area contributed by atoms with Crippen molar-refractivity contribution in [3.8, 4) is 0 Å². The summed E-state index contributed by atoms with van der Waals surface area (Å²) in [6.07, 6.45) is 2.35. The van der Waals surface area contributed by atoms with Gasteiger partial charge in [0.1, 0.15) is 6.61 Å². The van der Waals surface area contributed by atoms with Gasteiger partial charge in [0.25, 0.3) is 0 Å². The van der Waals surface area contributed by atoms with Crippen molar-refractivity contribution in [1.29, 1.82) is 0 Å². The predicted octanol–water partition coefficient (Wildman–Crippen LogP) is 0.872. The summed E-state index contributed by atoms with van der Waals surface area (Å²) >= 11 is 0. The summed E-state index contributed by atoms with van der Waals surface area (Å²) in [4.78, 5) is 19.7. The van der Waals surface area contributed by atoms with Crippen LogP contribution in [0.4, 0.5) is 4.79 Å². The molecule has 0 bridgehead atoms. The van der Waals surface area contributed by atoms with Gasteiger partial charge in [-0.25, -0.2) is 4.79 Å². The highest BCUT2D eigenvalue weighted by Gasteiger charge is 1.98. The zero-order chi connectivity index (χ0) is 7.82. The molecule has 10 heavy (non-hydrogen) atoms. The first kappa shape index (κ1) is 8.68. The fourth-order valence-corrected chi connectivity index (χ4v) is 0.286. The third-order valence-electron chi connectivity index (χ3n) is 0.677. The molecule has 0 saturated carbocycles. The van der Waals surface area contributed by atoms with Crippen LogP contribution in [0.15, 0.2) is 12.2 Å². The molecule has 56 valence electrons. The summed E-state index contributed by atoms with van der Waals surface area (Å²) in [6.45, 7) is 1.94. The number of ether oxygens (including phenoxy) is 2. The van der Waals surface area contributed by atoms with Crippen molar-refractivity contribution < 1.29 is 19.1 Å². The van der Waals surface area contributed by atoms with E-state index >= 15 is 0 Å². The van der Waals surface area contributed by atoms with Gasteiger partial charge in [0.15, 0.2) is 0 Å². The molecule has 0 aliphatic carbocycles. The number of allylic oxidation sites excluding steroid dienone is 1. The van der Waals surface area contributed by atoms with E-state index in [4.69, 9.17) is 0 Å². The quantitative estimate of drug-likeness (QED) is 0.255. The highest BCUT2D eigenvalue weighted by atomic mass is 16.7. The molecular formula is C6H8O4. The van der Waals surface area contributed by atoms with Crippen molar-refractivity contribution >= 4 is 12.6 Å². The Morgan fingerprint density at radius 2 is 2.30 bits per heavy atom. The highest BCUT2D eigenvalue weighted by Crippen LogP contribution is 1.82. The van der Waals surface area contributed by atoms with Gasteiger partial charge in [-0.15, -0.1) is 0 Å². The maximum atomic E-state index is 10.2.